The van der Waals surface area contributed by atoms with Gasteiger partial charge in [0.2, 0.25) is 0 Å². The highest BCUT2D eigenvalue weighted by molar-refractivity contribution is 5.75. The van der Waals surface area contributed by atoms with E-state index >= 15 is 0 Å². The highest BCUT2D eigenvalue weighted by Gasteiger charge is 2.24. The van der Waals surface area contributed by atoms with Crippen LogP contribution >= 0.6 is 0 Å². The Balaban J connectivity index is 1.52. The number of imidazole rings is 1. The van der Waals surface area contributed by atoms with Crippen molar-refractivity contribution in [3.05, 3.63) is 90.3 Å². The maximum atomic E-state index is 4.94. The molecule has 30 heavy (non-hydrogen) atoms. The summed E-state index contributed by atoms with van der Waals surface area (Å²) in [5.41, 5.74) is 5.82. The van der Waals surface area contributed by atoms with Crippen LogP contribution in [0.1, 0.15) is 30.3 Å². The fourth-order valence-electron chi connectivity index (χ4n) is 4.38. The number of rotatable bonds is 5. The first-order chi connectivity index (χ1) is 14.8. The molecule has 0 bridgehead atoms. The molecule has 1 unspecified atom stereocenters. The Kier molecular flexibility index (Phi) is 5.35. The van der Waals surface area contributed by atoms with E-state index in [1.165, 1.54) is 16.7 Å². The summed E-state index contributed by atoms with van der Waals surface area (Å²) in [7, 11) is 2.20. The first kappa shape index (κ1) is 19.0. The van der Waals surface area contributed by atoms with Gasteiger partial charge in [-0.3, -0.25) is 0 Å². The molecule has 1 fully saturated rings. The number of fused-ring (bicyclic) bond motifs is 1. The van der Waals surface area contributed by atoms with Gasteiger partial charge in [0.1, 0.15) is 5.82 Å². The van der Waals surface area contributed by atoms with Crippen molar-refractivity contribution in [1.82, 2.24) is 20.2 Å². The van der Waals surface area contributed by atoms with Gasteiger partial charge in [0.05, 0.1) is 17.1 Å². The van der Waals surface area contributed by atoms with Crippen molar-refractivity contribution in [3.63, 3.8) is 0 Å². The molecule has 0 amide bonds. The summed E-state index contributed by atoms with van der Waals surface area (Å²) in [6.45, 7) is 2.27. The average molecular weight is 397 g/mol. The van der Waals surface area contributed by atoms with Crippen LogP contribution in [-0.2, 0) is 0 Å². The van der Waals surface area contributed by atoms with E-state index in [0.29, 0.717) is 6.04 Å². The van der Waals surface area contributed by atoms with Crippen molar-refractivity contribution in [3.8, 4) is 11.1 Å². The first-order valence-corrected chi connectivity index (χ1v) is 10.8. The zero-order valence-electron chi connectivity index (χ0n) is 17.4. The quantitative estimate of drug-likeness (QED) is 0.499. The molecule has 4 aromatic rings. The van der Waals surface area contributed by atoms with Crippen LogP contribution in [0.25, 0.3) is 22.2 Å². The van der Waals surface area contributed by atoms with Gasteiger partial charge in [0, 0.05) is 6.04 Å². The number of hydrogen-bond donors (Lipinski definition) is 2. The standard InChI is InChI=1S/C26H28N4/c1-30-16-14-22(15-17-30)27-25(26-28-23-12-5-6-13-24(23)29-26)21-11-7-10-20(18-21)19-8-3-2-4-9-19/h2-13,18,22,25,27H,14-17H2,1H3,(H,28,29). The Bertz CT molecular complexity index is 1080. The molecule has 2 N–H and O–H groups in total. The number of hydrogen-bond acceptors (Lipinski definition) is 3. The molecule has 0 aliphatic carbocycles. The minimum atomic E-state index is 0.0365. The van der Waals surface area contributed by atoms with Gasteiger partial charge in [-0.15, -0.1) is 0 Å². The minimum absolute atomic E-state index is 0.0365. The lowest BCUT2D eigenvalue weighted by Gasteiger charge is -2.32. The number of nitrogens with zero attached hydrogens (tertiary/aromatic N) is 2. The molecule has 1 saturated heterocycles. The molecular formula is C26H28N4. The molecular weight excluding hydrogens is 368 g/mol. The summed E-state index contributed by atoms with van der Waals surface area (Å²) in [6, 6.07) is 28.2. The molecule has 4 heteroatoms. The van der Waals surface area contributed by atoms with Crippen LogP contribution in [0, 0.1) is 0 Å². The zero-order valence-corrected chi connectivity index (χ0v) is 17.4. The van der Waals surface area contributed by atoms with E-state index in [0.717, 1.165) is 42.8 Å². The summed E-state index contributed by atoms with van der Waals surface area (Å²) in [5.74, 6) is 0.986. The van der Waals surface area contributed by atoms with Gasteiger partial charge in [-0.2, -0.15) is 0 Å². The molecule has 3 aromatic carbocycles. The Hall–Kier alpha value is -2.95. The van der Waals surface area contributed by atoms with Crippen LogP contribution < -0.4 is 5.32 Å². The third kappa shape index (κ3) is 4.02. The number of nitrogens with one attached hydrogen (secondary N) is 2. The Morgan fingerprint density at radius 1 is 0.900 bits per heavy atom. The highest BCUT2D eigenvalue weighted by atomic mass is 15.1. The van der Waals surface area contributed by atoms with Crippen molar-refractivity contribution in [1.29, 1.82) is 0 Å². The van der Waals surface area contributed by atoms with Crippen LogP contribution in [0.2, 0.25) is 0 Å². The lowest BCUT2D eigenvalue weighted by molar-refractivity contribution is 0.228. The van der Waals surface area contributed by atoms with E-state index in [2.05, 4.69) is 95.0 Å². The number of aromatic amines is 1. The molecule has 1 aromatic heterocycles. The minimum Gasteiger partial charge on any atom is -0.340 e. The van der Waals surface area contributed by atoms with Gasteiger partial charge in [0.15, 0.2) is 0 Å². The molecule has 4 nitrogen and oxygen atoms in total. The predicted molar refractivity (Wildman–Crippen MR) is 123 cm³/mol. The predicted octanol–water partition coefficient (Wildman–Crippen LogP) is 5.00. The lowest BCUT2D eigenvalue weighted by Crippen LogP contribution is -2.42. The van der Waals surface area contributed by atoms with Gasteiger partial charge in [0.25, 0.3) is 0 Å². The van der Waals surface area contributed by atoms with Gasteiger partial charge in [-0.25, -0.2) is 4.98 Å². The number of aromatic nitrogens is 2. The number of H-pyrrole nitrogens is 1. The van der Waals surface area contributed by atoms with Crippen LogP contribution in [0.3, 0.4) is 0 Å². The molecule has 1 aliphatic heterocycles. The summed E-state index contributed by atoms with van der Waals surface area (Å²) < 4.78 is 0. The topological polar surface area (TPSA) is 44.0 Å². The molecule has 0 saturated carbocycles. The SMILES string of the molecule is CN1CCC(NC(c2cccc(-c3ccccc3)c2)c2nc3ccccc3[nH]2)CC1. The third-order valence-electron chi connectivity index (χ3n) is 6.13. The van der Waals surface area contributed by atoms with E-state index in [9.17, 15) is 0 Å². The summed E-state index contributed by atoms with van der Waals surface area (Å²) in [4.78, 5) is 10.9. The second-order valence-corrected chi connectivity index (χ2v) is 8.31. The van der Waals surface area contributed by atoms with E-state index in [1.807, 2.05) is 6.07 Å². The second-order valence-electron chi connectivity index (χ2n) is 8.31. The van der Waals surface area contributed by atoms with Crippen molar-refractivity contribution < 1.29 is 0 Å². The monoisotopic (exact) mass is 396 g/mol. The smallest absolute Gasteiger partial charge is 0.129 e. The lowest BCUT2D eigenvalue weighted by atomic mass is 9.97. The Morgan fingerprint density at radius 3 is 2.43 bits per heavy atom. The van der Waals surface area contributed by atoms with Crippen molar-refractivity contribution in [2.24, 2.45) is 0 Å². The molecule has 0 spiro atoms. The number of likely N-dealkylation sites (tertiary alicyclic amines) is 1. The largest absolute Gasteiger partial charge is 0.340 e. The second kappa shape index (κ2) is 8.42. The van der Waals surface area contributed by atoms with E-state index in [-0.39, 0.29) is 6.04 Å². The summed E-state index contributed by atoms with van der Waals surface area (Å²) in [5, 5.41) is 3.93. The van der Waals surface area contributed by atoms with E-state index < -0.39 is 0 Å². The van der Waals surface area contributed by atoms with Gasteiger partial charge in [-0.05, 0) is 67.9 Å². The van der Waals surface area contributed by atoms with Crippen LogP contribution in [0.4, 0.5) is 0 Å². The molecule has 5 rings (SSSR count). The fraction of sp³-hybridized carbons (Fsp3) is 0.269. The highest BCUT2D eigenvalue weighted by Crippen LogP contribution is 2.28. The summed E-state index contributed by atoms with van der Waals surface area (Å²) in [6.07, 6.45) is 2.32. The van der Waals surface area contributed by atoms with Crippen LogP contribution in [0.15, 0.2) is 78.9 Å². The maximum absolute atomic E-state index is 4.94. The number of benzene rings is 3. The number of piperidine rings is 1. The van der Waals surface area contributed by atoms with Crippen molar-refractivity contribution >= 4 is 11.0 Å². The summed E-state index contributed by atoms with van der Waals surface area (Å²) >= 11 is 0. The first-order valence-electron chi connectivity index (χ1n) is 10.8. The fourth-order valence-corrected chi connectivity index (χ4v) is 4.38. The van der Waals surface area contributed by atoms with Crippen molar-refractivity contribution in [2.75, 3.05) is 20.1 Å². The van der Waals surface area contributed by atoms with Gasteiger partial charge >= 0.3 is 0 Å². The van der Waals surface area contributed by atoms with Crippen LogP contribution in [0.5, 0.6) is 0 Å². The van der Waals surface area contributed by atoms with Gasteiger partial charge < -0.3 is 15.2 Å². The van der Waals surface area contributed by atoms with Gasteiger partial charge in [-0.1, -0.05) is 60.7 Å². The third-order valence-corrected chi connectivity index (χ3v) is 6.13. The number of para-hydroxylation sites is 2. The molecule has 0 radical (unpaired) electrons. The normalized spacial score (nSPS) is 16.7. The Labute approximate surface area is 178 Å². The van der Waals surface area contributed by atoms with Crippen molar-refractivity contribution in [2.45, 2.75) is 24.9 Å². The zero-order chi connectivity index (χ0) is 20.3. The maximum Gasteiger partial charge on any atom is 0.129 e. The Morgan fingerprint density at radius 2 is 1.63 bits per heavy atom. The van der Waals surface area contributed by atoms with E-state index in [4.69, 9.17) is 4.98 Å². The molecule has 152 valence electrons. The van der Waals surface area contributed by atoms with E-state index in [1.54, 1.807) is 0 Å². The molecule has 2 heterocycles. The van der Waals surface area contributed by atoms with Crippen LogP contribution in [-0.4, -0.2) is 41.0 Å². The molecule has 1 aliphatic rings. The molecule has 1 atom stereocenters. The average Bonchev–Trinajstić information content (AvgIpc) is 3.23.